The summed E-state index contributed by atoms with van der Waals surface area (Å²) in [7, 11) is 0. The van der Waals surface area contributed by atoms with Crippen molar-refractivity contribution < 1.29 is 30.0 Å². The van der Waals surface area contributed by atoms with Gasteiger partial charge in [0.2, 0.25) is 0 Å². The predicted molar refractivity (Wildman–Crippen MR) is 213 cm³/mol. The molecule has 0 aliphatic heterocycles. The molecule has 2 heterocycles. The number of nitrogens with zero attached hydrogens (tertiary/aromatic N) is 3. The zero-order chi connectivity index (χ0) is 36.9. The molecule has 1 radical (unpaired) electrons. The van der Waals surface area contributed by atoms with Gasteiger partial charge in [0.05, 0.1) is 22.6 Å². The number of benzene rings is 4. The molecule has 269 valence electrons. The molecule has 5 nitrogen and oxygen atoms in total. The third-order valence-electron chi connectivity index (χ3n) is 11.0. The van der Waals surface area contributed by atoms with Gasteiger partial charge in [0, 0.05) is 43.3 Å². The Bertz CT molecular complexity index is 2290. The normalized spacial score (nSPS) is 11.9. The summed E-state index contributed by atoms with van der Waals surface area (Å²) in [5.74, 6) is 0.598. The van der Waals surface area contributed by atoms with Gasteiger partial charge in [-0.15, -0.1) is 34.9 Å². The maximum atomic E-state index is 10.2. The SMILES string of the molecule is CCC(C)(CC)C(=[OH+])/C=C(\O)C(C)(CC)CC.Cc1[c-]c(-c2nccc3c2ccc2cc(-c4ccc(C#N)c5ncccc45)ccc23)cc(C)c1.[Ir]. The fourth-order valence-corrected chi connectivity index (χ4v) is 6.62. The molecule has 0 fully saturated rings. The molecule has 6 rings (SSSR count). The third-order valence-corrected chi connectivity index (χ3v) is 11.0. The van der Waals surface area contributed by atoms with Crippen LogP contribution in [0, 0.1) is 42.1 Å². The molecule has 0 bridgehead atoms. The minimum Gasteiger partial charge on any atom is -0.511 e. The Morgan fingerprint density at radius 2 is 1.50 bits per heavy atom. The van der Waals surface area contributed by atoms with E-state index in [0.717, 1.165) is 75.3 Å². The van der Waals surface area contributed by atoms with E-state index in [1.165, 1.54) is 16.3 Å². The van der Waals surface area contributed by atoms with Gasteiger partial charge < -0.3 is 10.1 Å². The molecule has 4 aromatic carbocycles. The van der Waals surface area contributed by atoms with Crippen LogP contribution in [0.4, 0.5) is 0 Å². The number of fused-ring (bicyclic) bond motifs is 4. The van der Waals surface area contributed by atoms with Crippen molar-refractivity contribution in [3.63, 3.8) is 0 Å². The molecule has 0 saturated carbocycles. The standard InChI is InChI=1S/C31H20N3.C15H28O2.Ir/c1-19-14-20(2)16-24(15-19)31-29-10-6-21-17-22(5-8-25(21)27(29)11-13-34-31)26-9-7-23(18-32)30-28(26)4-3-12-33-30;1-7-14(5,8-2)12(16)11-13(17)15(6,9-3)10-4;/h3-15,17H,1-2H3;11,16H,7-10H2,1-6H3;/q-1;;/p+1/b;12-11-;. The third kappa shape index (κ3) is 8.02. The Morgan fingerprint density at radius 3 is 2.15 bits per heavy atom. The van der Waals surface area contributed by atoms with Crippen LogP contribution in [0.15, 0.2) is 97.0 Å². The van der Waals surface area contributed by atoms with Crippen molar-refractivity contribution in [2.75, 3.05) is 0 Å². The number of aromatic nitrogens is 2. The number of nitriles is 1. The molecule has 0 saturated heterocycles. The summed E-state index contributed by atoms with van der Waals surface area (Å²) in [4.78, 5) is 19.4. The van der Waals surface area contributed by atoms with Crippen molar-refractivity contribution in [1.29, 1.82) is 5.26 Å². The van der Waals surface area contributed by atoms with E-state index in [0.29, 0.717) is 17.1 Å². The first-order valence-corrected chi connectivity index (χ1v) is 18.0. The Labute approximate surface area is 322 Å². The number of carbonyl (C=O) groups excluding carboxylic acids is 1. The van der Waals surface area contributed by atoms with Crippen molar-refractivity contribution in [2.24, 2.45) is 10.8 Å². The number of hydrogen-bond acceptors (Lipinski definition) is 4. The summed E-state index contributed by atoms with van der Waals surface area (Å²) in [6.45, 7) is 16.5. The van der Waals surface area contributed by atoms with E-state index in [4.69, 9.17) is 4.98 Å². The van der Waals surface area contributed by atoms with Crippen molar-refractivity contribution in [3.05, 3.63) is 120 Å². The van der Waals surface area contributed by atoms with E-state index in [-0.39, 0.29) is 30.9 Å². The first-order chi connectivity index (χ1) is 24.4. The average molecular weight is 868 g/mol. The van der Waals surface area contributed by atoms with E-state index in [2.05, 4.69) is 107 Å². The number of allylic oxidation sites excluding steroid dienone is 2. The quantitative estimate of drug-likeness (QED) is 0.0515. The molecule has 52 heavy (non-hydrogen) atoms. The molecule has 6 heteroatoms. The van der Waals surface area contributed by atoms with Gasteiger partial charge >= 0.3 is 5.78 Å². The smallest absolute Gasteiger partial charge is 0.325 e. The van der Waals surface area contributed by atoms with Crippen molar-refractivity contribution in [3.8, 4) is 28.5 Å². The molecule has 0 amide bonds. The second-order valence-corrected chi connectivity index (χ2v) is 14.1. The van der Waals surface area contributed by atoms with Gasteiger partial charge in [0.25, 0.3) is 0 Å². The zero-order valence-corrected chi connectivity index (χ0v) is 34.0. The first-order valence-electron chi connectivity index (χ1n) is 18.0. The minimum atomic E-state index is -0.226. The predicted octanol–water partition coefficient (Wildman–Crippen LogP) is 12.2. The Morgan fingerprint density at radius 1 is 0.808 bits per heavy atom. The molecule has 6 aromatic rings. The molecule has 0 aliphatic rings. The molecule has 0 spiro atoms. The summed E-state index contributed by atoms with van der Waals surface area (Å²) in [5, 5.41) is 25.3. The summed E-state index contributed by atoms with van der Waals surface area (Å²) >= 11 is 0. The summed E-state index contributed by atoms with van der Waals surface area (Å²) in [5.41, 5.74) is 7.36. The zero-order valence-electron chi connectivity index (χ0n) is 31.6. The maximum absolute atomic E-state index is 10.2. The monoisotopic (exact) mass is 868 g/mol. The fraction of sp³-hybridized carbons (Fsp3) is 0.304. The number of aliphatic hydroxyl groups is 1. The maximum Gasteiger partial charge on any atom is 0.325 e. The molecule has 2 N–H and O–H groups in total. The fourth-order valence-electron chi connectivity index (χ4n) is 6.62. The van der Waals surface area contributed by atoms with Crippen LogP contribution in [0.5, 0.6) is 0 Å². The summed E-state index contributed by atoms with van der Waals surface area (Å²) in [6.07, 6.45) is 8.67. The first kappa shape index (κ1) is 40.1. The number of hydrogen-bond donors (Lipinski definition) is 1. The second kappa shape index (κ2) is 16.8. The molecule has 0 aliphatic carbocycles. The van der Waals surface area contributed by atoms with E-state index >= 15 is 0 Å². The number of rotatable bonds is 9. The Balaban J connectivity index is 0.000000289. The summed E-state index contributed by atoms with van der Waals surface area (Å²) < 4.78 is 0. The number of aryl methyl sites for hydroxylation is 2. The number of pyridine rings is 2. The molecular weight excluding hydrogens is 819 g/mol. The van der Waals surface area contributed by atoms with E-state index in [1.807, 2.05) is 44.3 Å². The molecule has 2 aromatic heterocycles. The van der Waals surface area contributed by atoms with Crippen LogP contribution in [0.3, 0.4) is 0 Å². The van der Waals surface area contributed by atoms with Gasteiger partial charge in [-0.05, 0) is 95.2 Å². The molecule has 0 atom stereocenters. The minimum absolute atomic E-state index is 0. The number of ketones is 1. The topological polar surface area (TPSA) is 91.2 Å². The Hall–Kier alpha value is -4.69. The van der Waals surface area contributed by atoms with Gasteiger partial charge in [-0.3, -0.25) is 9.78 Å². The Kier molecular flexibility index (Phi) is 12.9. The van der Waals surface area contributed by atoms with Gasteiger partial charge in [0.15, 0.2) is 0 Å². The molecular formula is C46H49IrN3O2. The largest absolute Gasteiger partial charge is 0.511 e. The van der Waals surface area contributed by atoms with Crippen molar-refractivity contribution >= 4 is 38.2 Å². The van der Waals surface area contributed by atoms with Crippen LogP contribution in [-0.2, 0) is 20.1 Å². The van der Waals surface area contributed by atoms with Crippen LogP contribution < -0.4 is 0 Å². The summed E-state index contributed by atoms with van der Waals surface area (Å²) in [6, 6.07) is 30.8. The van der Waals surface area contributed by atoms with Crippen molar-refractivity contribution in [2.45, 2.75) is 81.1 Å². The van der Waals surface area contributed by atoms with Crippen LogP contribution in [0.25, 0.3) is 54.8 Å². The van der Waals surface area contributed by atoms with Gasteiger partial charge in [-0.1, -0.05) is 84.9 Å². The van der Waals surface area contributed by atoms with Crippen LogP contribution in [-0.4, -0.2) is 25.7 Å². The second-order valence-electron chi connectivity index (χ2n) is 14.1. The van der Waals surface area contributed by atoms with E-state index in [9.17, 15) is 15.2 Å². The van der Waals surface area contributed by atoms with Crippen LogP contribution in [0.2, 0.25) is 0 Å². The van der Waals surface area contributed by atoms with Crippen LogP contribution in [0.1, 0.15) is 83.9 Å². The number of aliphatic hydroxyl groups excluding tert-OH is 1. The van der Waals surface area contributed by atoms with E-state index in [1.54, 1.807) is 12.3 Å². The average Bonchev–Trinajstić information content (AvgIpc) is 3.15. The van der Waals surface area contributed by atoms with Gasteiger partial charge in [-0.2, -0.15) is 5.26 Å². The molecule has 0 unspecified atom stereocenters. The van der Waals surface area contributed by atoms with Crippen molar-refractivity contribution in [1.82, 2.24) is 9.97 Å². The van der Waals surface area contributed by atoms with Crippen LogP contribution >= 0.6 is 0 Å². The van der Waals surface area contributed by atoms with E-state index < -0.39 is 0 Å². The van der Waals surface area contributed by atoms with Gasteiger partial charge in [0.1, 0.15) is 11.8 Å². The van der Waals surface area contributed by atoms with Gasteiger partial charge in [-0.25, -0.2) is 0 Å².